The number of hydrogen-bond donors (Lipinski definition) is 1. The molecule has 1 N–H and O–H groups in total. The number of benzene rings is 2. The smallest absolute Gasteiger partial charge is 0.387 e. The largest absolute Gasteiger partial charge is 0.496 e. The Bertz CT molecular complexity index is 790. The summed E-state index contributed by atoms with van der Waals surface area (Å²) in [4.78, 5) is 12.2. The van der Waals surface area contributed by atoms with E-state index in [1.807, 2.05) is 32.0 Å². The molecule has 0 aliphatic rings. The highest BCUT2D eigenvalue weighted by atomic mass is 19.3. The third-order valence-electron chi connectivity index (χ3n) is 3.76. The molecule has 0 saturated carbocycles. The predicted octanol–water partition coefficient (Wildman–Crippen LogP) is 4.50. The summed E-state index contributed by atoms with van der Waals surface area (Å²) in [5, 5.41) is 2.83. The summed E-state index contributed by atoms with van der Waals surface area (Å²) in [6.07, 6.45) is 2.72. The lowest BCUT2D eigenvalue weighted by Crippen LogP contribution is -2.25. The zero-order chi connectivity index (χ0) is 19.1. The molecule has 4 nitrogen and oxygen atoms in total. The molecule has 0 bridgehead atoms. The van der Waals surface area contributed by atoms with Gasteiger partial charge in [0, 0.05) is 17.2 Å². The van der Waals surface area contributed by atoms with E-state index in [9.17, 15) is 13.6 Å². The molecular weight excluding hydrogens is 340 g/mol. The van der Waals surface area contributed by atoms with E-state index in [0.717, 1.165) is 11.1 Å². The number of para-hydroxylation sites is 1. The van der Waals surface area contributed by atoms with E-state index in [0.29, 0.717) is 11.3 Å². The average molecular weight is 361 g/mol. The van der Waals surface area contributed by atoms with Gasteiger partial charge in [-0.2, -0.15) is 8.78 Å². The highest BCUT2D eigenvalue weighted by Crippen LogP contribution is 2.26. The molecule has 0 heterocycles. The van der Waals surface area contributed by atoms with Gasteiger partial charge in [0.05, 0.1) is 13.2 Å². The molecule has 1 atom stereocenters. The quantitative estimate of drug-likeness (QED) is 0.739. The Labute approximate surface area is 151 Å². The highest BCUT2D eigenvalue weighted by molar-refractivity contribution is 5.92. The van der Waals surface area contributed by atoms with Crippen LogP contribution >= 0.6 is 0 Å². The van der Waals surface area contributed by atoms with Gasteiger partial charge in [-0.1, -0.05) is 35.9 Å². The van der Waals surface area contributed by atoms with Crippen molar-refractivity contribution in [2.75, 3.05) is 7.11 Å². The van der Waals surface area contributed by atoms with Crippen molar-refractivity contribution >= 4 is 12.0 Å². The molecule has 0 aliphatic carbocycles. The maximum Gasteiger partial charge on any atom is 0.387 e. The number of ether oxygens (including phenoxy) is 2. The van der Waals surface area contributed by atoms with Crippen LogP contribution in [-0.4, -0.2) is 19.6 Å². The van der Waals surface area contributed by atoms with Crippen molar-refractivity contribution in [3.8, 4) is 11.5 Å². The molecule has 0 radical (unpaired) electrons. The lowest BCUT2D eigenvalue weighted by Gasteiger charge is -2.17. The summed E-state index contributed by atoms with van der Waals surface area (Å²) in [7, 11) is 1.57. The van der Waals surface area contributed by atoms with Gasteiger partial charge in [-0.15, -0.1) is 0 Å². The second kappa shape index (κ2) is 8.99. The Hall–Kier alpha value is -2.89. The average Bonchev–Trinajstić information content (AvgIpc) is 2.60. The minimum atomic E-state index is -2.92. The predicted molar refractivity (Wildman–Crippen MR) is 96.4 cm³/mol. The van der Waals surface area contributed by atoms with Crippen LogP contribution in [0.15, 0.2) is 48.5 Å². The van der Waals surface area contributed by atoms with Crippen molar-refractivity contribution in [2.45, 2.75) is 26.5 Å². The van der Waals surface area contributed by atoms with E-state index >= 15 is 0 Å². The number of carbonyl (C=O) groups is 1. The Morgan fingerprint density at radius 3 is 2.58 bits per heavy atom. The second-order valence-corrected chi connectivity index (χ2v) is 5.73. The van der Waals surface area contributed by atoms with Crippen molar-refractivity contribution in [1.82, 2.24) is 5.32 Å². The van der Waals surface area contributed by atoms with Crippen LogP contribution in [0.4, 0.5) is 8.78 Å². The summed E-state index contributed by atoms with van der Waals surface area (Å²) in [5.74, 6) is 0.343. The van der Waals surface area contributed by atoms with Gasteiger partial charge in [0.1, 0.15) is 11.5 Å². The number of carbonyl (C=O) groups excluding carboxylic acids is 1. The molecule has 2 aromatic carbocycles. The number of amides is 1. The fourth-order valence-corrected chi connectivity index (χ4v) is 2.52. The second-order valence-electron chi connectivity index (χ2n) is 5.73. The lowest BCUT2D eigenvalue weighted by atomic mass is 10.0. The number of nitrogens with one attached hydrogen (secondary N) is 1. The van der Waals surface area contributed by atoms with Crippen LogP contribution in [0.2, 0.25) is 0 Å². The van der Waals surface area contributed by atoms with Crippen LogP contribution in [0.5, 0.6) is 11.5 Å². The number of rotatable bonds is 7. The standard InChI is InChI=1S/C20H21F2NO3/c1-13-8-10-18(25-3)16(12-13)14(2)23-19(24)11-9-15-6-4-5-7-17(15)26-20(21)22/h4-12,14,20H,1-3H3,(H,23,24)/b11-9+. The molecule has 0 saturated heterocycles. The topological polar surface area (TPSA) is 47.6 Å². The highest BCUT2D eigenvalue weighted by Gasteiger charge is 2.13. The van der Waals surface area contributed by atoms with Crippen molar-refractivity contribution in [3.63, 3.8) is 0 Å². The van der Waals surface area contributed by atoms with Crippen molar-refractivity contribution < 1.29 is 23.0 Å². The number of hydrogen-bond acceptors (Lipinski definition) is 3. The Kier molecular flexibility index (Phi) is 6.72. The molecule has 1 unspecified atom stereocenters. The van der Waals surface area contributed by atoms with Gasteiger partial charge in [-0.3, -0.25) is 4.79 Å². The van der Waals surface area contributed by atoms with Gasteiger partial charge in [-0.25, -0.2) is 0 Å². The minimum Gasteiger partial charge on any atom is -0.496 e. The number of aryl methyl sites for hydroxylation is 1. The van der Waals surface area contributed by atoms with Crippen LogP contribution in [0.3, 0.4) is 0 Å². The Morgan fingerprint density at radius 1 is 1.15 bits per heavy atom. The number of methoxy groups -OCH3 is 1. The third-order valence-corrected chi connectivity index (χ3v) is 3.76. The third kappa shape index (κ3) is 5.31. The molecular formula is C20H21F2NO3. The minimum absolute atomic E-state index is 0.0138. The maximum absolute atomic E-state index is 12.4. The van der Waals surface area contributed by atoms with E-state index < -0.39 is 6.61 Å². The zero-order valence-electron chi connectivity index (χ0n) is 14.8. The van der Waals surface area contributed by atoms with Crippen molar-refractivity contribution in [2.24, 2.45) is 0 Å². The normalized spacial score (nSPS) is 12.2. The molecule has 26 heavy (non-hydrogen) atoms. The molecule has 6 heteroatoms. The number of halogens is 2. The SMILES string of the molecule is COc1ccc(C)cc1C(C)NC(=O)/C=C/c1ccccc1OC(F)F. The van der Waals surface area contributed by atoms with Gasteiger partial charge in [0.25, 0.3) is 0 Å². The monoisotopic (exact) mass is 361 g/mol. The molecule has 0 aromatic heterocycles. The summed E-state index contributed by atoms with van der Waals surface area (Å²) in [5.41, 5.74) is 2.30. The fraction of sp³-hybridized carbons (Fsp3) is 0.250. The molecule has 0 fully saturated rings. The van der Waals surface area contributed by atoms with E-state index in [-0.39, 0.29) is 17.7 Å². The van der Waals surface area contributed by atoms with Gasteiger partial charge < -0.3 is 14.8 Å². The Balaban J connectivity index is 2.09. The zero-order valence-corrected chi connectivity index (χ0v) is 14.8. The summed E-state index contributed by atoms with van der Waals surface area (Å²) < 4.78 is 34.6. The van der Waals surface area contributed by atoms with E-state index in [2.05, 4.69) is 10.1 Å². The Morgan fingerprint density at radius 2 is 1.88 bits per heavy atom. The van der Waals surface area contributed by atoms with Crippen LogP contribution in [0.25, 0.3) is 6.08 Å². The maximum atomic E-state index is 12.4. The first-order valence-electron chi connectivity index (χ1n) is 8.07. The number of alkyl halides is 2. The fourth-order valence-electron chi connectivity index (χ4n) is 2.52. The van der Waals surface area contributed by atoms with Crippen LogP contribution in [0.1, 0.15) is 29.7 Å². The summed E-state index contributed by atoms with van der Waals surface area (Å²) in [6, 6.07) is 11.7. The van der Waals surface area contributed by atoms with Gasteiger partial charge >= 0.3 is 6.61 Å². The molecule has 0 spiro atoms. The molecule has 2 rings (SSSR count). The molecule has 2 aromatic rings. The van der Waals surface area contributed by atoms with E-state index in [1.54, 1.807) is 25.3 Å². The first-order chi connectivity index (χ1) is 12.4. The van der Waals surface area contributed by atoms with Crippen LogP contribution in [-0.2, 0) is 4.79 Å². The lowest BCUT2D eigenvalue weighted by molar-refractivity contribution is -0.117. The van der Waals surface area contributed by atoms with Crippen LogP contribution < -0.4 is 14.8 Å². The molecule has 0 aliphatic heterocycles. The first-order valence-corrected chi connectivity index (χ1v) is 8.07. The summed E-state index contributed by atoms with van der Waals surface area (Å²) in [6.45, 7) is 0.876. The van der Waals surface area contributed by atoms with Crippen molar-refractivity contribution in [1.29, 1.82) is 0 Å². The van der Waals surface area contributed by atoms with Gasteiger partial charge in [-0.05, 0) is 32.1 Å². The van der Waals surface area contributed by atoms with Gasteiger partial charge in [0.2, 0.25) is 5.91 Å². The van der Waals surface area contributed by atoms with E-state index in [1.165, 1.54) is 18.2 Å². The van der Waals surface area contributed by atoms with E-state index in [4.69, 9.17) is 4.74 Å². The summed E-state index contributed by atoms with van der Waals surface area (Å²) >= 11 is 0. The molecule has 1 amide bonds. The van der Waals surface area contributed by atoms with Crippen molar-refractivity contribution in [3.05, 3.63) is 65.2 Å². The first kappa shape index (κ1) is 19.4. The van der Waals surface area contributed by atoms with Gasteiger partial charge in [0.15, 0.2) is 0 Å². The molecule has 138 valence electrons. The van der Waals surface area contributed by atoms with Crippen LogP contribution in [0, 0.1) is 6.92 Å².